The lowest BCUT2D eigenvalue weighted by Gasteiger charge is -2.03. The zero-order valence-corrected chi connectivity index (χ0v) is 11.0. The average molecular weight is 226 g/mol. The van der Waals surface area contributed by atoms with Crippen molar-refractivity contribution in [2.24, 2.45) is 0 Å². The van der Waals surface area contributed by atoms with Crippen LogP contribution in [0.25, 0.3) is 5.57 Å². The van der Waals surface area contributed by atoms with Gasteiger partial charge in [0.05, 0.1) is 0 Å². The molecule has 0 unspecified atom stereocenters. The molecule has 0 saturated heterocycles. The largest absolute Gasteiger partial charge is 0.0726 e. The zero-order chi connectivity index (χ0) is 12.1. The highest BCUT2D eigenvalue weighted by Gasteiger charge is 2.07. The number of benzene rings is 1. The van der Waals surface area contributed by atoms with E-state index >= 15 is 0 Å². The summed E-state index contributed by atoms with van der Waals surface area (Å²) in [6, 6.07) is 9.07. The van der Waals surface area contributed by atoms with Gasteiger partial charge < -0.3 is 0 Å². The topological polar surface area (TPSA) is 0 Å². The Labute approximate surface area is 105 Å². The third kappa shape index (κ3) is 3.09. The van der Waals surface area contributed by atoms with Crippen LogP contribution in [-0.4, -0.2) is 0 Å². The highest BCUT2D eigenvalue weighted by molar-refractivity contribution is 5.77. The van der Waals surface area contributed by atoms with Crippen LogP contribution in [0.3, 0.4) is 0 Å². The minimum Gasteiger partial charge on any atom is -0.0726 e. The molecular formula is C17H22. The maximum absolute atomic E-state index is 2.37. The van der Waals surface area contributed by atoms with E-state index in [-0.39, 0.29) is 0 Å². The van der Waals surface area contributed by atoms with Crippen molar-refractivity contribution in [3.8, 4) is 0 Å². The first kappa shape index (κ1) is 12.2. The maximum Gasteiger partial charge on any atom is -0.0126 e. The zero-order valence-electron chi connectivity index (χ0n) is 11.0. The van der Waals surface area contributed by atoms with E-state index in [0.717, 1.165) is 6.42 Å². The Bertz CT molecular complexity index is 418. The SMILES string of the molecule is CCCC1=CC(c2ccc(CCC)cc2)=CC1. The molecule has 0 spiro atoms. The van der Waals surface area contributed by atoms with Crippen LogP contribution in [0.15, 0.2) is 42.0 Å². The van der Waals surface area contributed by atoms with Gasteiger partial charge in [0.2, 0.25) is 0 Å². The van der Waals surface area contributed by atoms with E-state index in [9.17, 15) is 0 Å². The summed E-state index contributed by atoms with van der Waals surface area (Å²) in [5.41, 5.74) is 5.82. The molecule has 0 heterocycles. The lowest BCUT2D eigenvalue weighted by Crippen LogP contribution is -1.84. The molecule has 0 N–H and O–H groups in total. The Morgan fingerprint density at radius 3 is 2.29 bits per heavy atom. The number of hydrogen-bond donors (Lipinski definition) is 0. The van der Waals surface area contributed by atoms with Crippen LogP contribution in [0.5, 0.6) is 0 Å². The smallest absolute Gasteiger partial charge is 0.0126 e. The van der Waals surface area contributed by atoms with Crippen molar-refractivity contribution in [1.82, 2.24) is 0 Å². The van der Waals surface area contributed by atoms with Crippen molar-refractivity contribution in [3.05, 3.63) is 53.1 Å². The van der Waals surface area contributed by atoms with Crippen molar-refractivity contribution in [2.75, 3.05) is 0 Å². The van der Waals surface area contributed by atoms with Gasteiger partial charge in [0.1, 0.15) is 0 Å². The molecular weight excluding hydrogens is 204 g/mol. The molecule has 1 aliphatic rings. The predicted octanol–water partition coefficient (Wildman–Crippen LogP) is 5.15. The average Bonchev–Trinajstić information content (AvgIpc) is 2.80. The molecule has 0 nitrogen and oxygen atoms in total. The fourth-order valence-electron chi connectivity index (χ4n) is 2.43. The predicted molar refractivity (Wildman–Crippen MR) is 76.0 cm³/mol. The molecule has 90 valence electrons. The fourth-order valence-corrected chi connectivity index (χ4v) is 2.43. The van der Waals surface area contributed by atoms with E-state index in [0.29, 0.717) is 0 Å². The number of hydrogen-bond acceptors (Lipinski definition) is 0. The van der Waals surface area contributed by atoms with Crippen LogP contribution in [0.4, 0.5) is 0 Å². The van der Waals surface area contributed by atoms with Crippen LogP contribution in [0, 0.1) is 0 Å². The normalized spacial score (nSPS) is 14.7. The van der Waals surface area contributed by atoms with Crippen molar-refractivity contribution in [3.63, 3.8) is 0 Å². The fraction of sp³-hybridized carbons (Fsp3) is 0.412. The minimum atomic E-state index is 1.15. The second-order valence-corrected chi connectivity index (χ2v) is 4.86. The second kappa shape index (κ2) is 5.86. The van der Waals surface area contributed by atoms with Crippen molar-refractivity contribution in [2.45, 2.75) is 46.0 Å². The quantitative estimate of drug-likeness (QED) is 0.651. The summed E-state index contributed by atoms with van der Waals surface area (Å²) in [6.07, 6.45) is 10.8. The summed E-state index contributed by atoms with van der Waals surface area (Å²) in [5, 5.41) is 0. The van der Waals surface area contributed by atoms with Gasteiger partial charge in [0.15, 0.2) is 0 Å². The first-order chi connectivity index (χ1) is 8.33. The lowest BCUT2D eigenvalue weighted by molar-refractivity contribution is 0.887. The molecule has 0 fully saturated rings. The summed E-state index contributed by atoms with van der Waals surface area (Å²) >= 11 is 0. The Hall–Kier alpha value is -1.30. The summed E-state index contributed by atoms with van der Waals surface area (Å²) in [5.74, 6) is 0. The van der Waals surface area contributed by atoms with Gasteiger partial charge in [0.25, 0.3) is 0 Å². The van der Waals surface area contributed by atoms with E-state index in [1.807, 2.05) is 0 Å². The van der Waals surface area contributed by atoms with Gasteiger partial charge in [-0.25, -0.2) is 0 Å². The summed E-state index contributed by atoms with van der Waals surface area (Å²) in [4.78, 5) is 0. The van der Waals surface area contributed by atoms with Crippen LogP contribution in [0.2, 0.25) is 0 Å². The van der Waals surface area contributed by atoms with Gasteiger partial charge in [0, 0.05) is 0 Å². The maximum atomic E-state index is 2.37. The highest BCUT2D eigenvalue weighted by Crippen LogP contribution is 2.28. The number of aryl methyl sites for hydroxylation is 1. The highest BCUT2D eigenvalue weighted by atomic mass is 14.1. The number of allylic oxidation sites excluding steroid dienone is 4. The molecule has 0 saturated carbocycles. The molecule has 0 heteroatoms. The molecule has 0 aromatic heterocycles. The van der Waals surface area contributed by atoms with E-state index in [1.165, 1.54) is 42.4 Å². The Morgan fingerprint density at radius 1 is 0.941 bits per heavy atom. The van der Waals surface area contributed by atoms with Gasteiger partial charge in [-0.15, -0.1) is 0 Å². The third-order valence-corrected chi connectivity index (χ3v) is 3.34. The standard InChI is InChI=1S/C17H22/c1-3-5-14-7-10-16(11-8-14)17-12-9-15(13-17)6-4-2/h7-8,10-13H,3-6,9H2,1-2H3. The van der Waals surface area contributed by atoms with Gasteiger partial charge in [-0.2, -0.15) is 0 Å². The van der Waals surface area contributed by atoms with E-state index < -0.39 is 0 Å². The van der Waals surface area contributed by atoms with Gasteiger partial charge in [-0.05, 0) is 36.0 Å². The van der Waals surface area contributed by atoms with E-state index in [2.05, 4.69) is 50.3 Å². The van der Waals surface area contributed by atoms with Crippen molar-refractivity contribution >= 4 is 5.57 Å². The van der Waals surface area contributed by atoms with Crippen LogP contribution in [-0.2, 0) is 6.42 Å². The van der Waals surface area contributed by atoms with Crippen LogP contribution >= 0.6 is 0 Å². The molecule has 0 aliphatic heterocycles. The lowest BCUT2D eigenvalue weighted by atomic mass is 10.0. The molecule has 0 amide bonds. The van der Waals surface area contributed by atoms with E-state index in [4.69, 9.17) is 0 Å². The molecule has 17 heavy (non-hydrogen) atoms. The molecule has 0 bridgehead atoms. The minimum absolute atomic E-state index is 1.15. The van der Waals surface area contributed by atoms with Crippen molar-refractivity contribution < 1.29 is 0 Å². The van der Waals surface area contributed by atoms with Crippen molar-refractivity contribution in [1.29, 1.82) is 0 Å². The van der Waals surface area contributed by atoms with E-state index in [1.54, 1.807) is 5.57 Å². The molecule has 1 aliphatic carbocycles. The number of rotatable bonds is 5. The second-order valence-electron chi connectivity index (χ2n) is 4.86. The monoisotopic (exact) mass is 226 g/mol. The van der Waals surface area contributed by atoms with Gasteiger partial charge in [-0.3, -0.25) is 0 Å². The molecule has 2 rings (SSSR count). The van der Waals surface area contributed by atoms with Crippen LogP contribution < -0.4 is 0 Å². The summed E-state index contributed by atoms with van der Waals surface area (Å²) in [6.45, 7) is 4.48. The summed E-state index contributed by atoms with van der Waals surface area (Å²) in [7, 11) is 0. The first-order valence-electron chi connectivity index (χ1n) is 6.82. The first-order valence-corrected chi connectivity index (χ1v) is 6.82. The molecule has 0 atom stereocenters. The Morgan fingerprint density at radius 2 is 1.65 bits per heavy atom. The molecule has 0 radical (unpaired) electrons. The Balaban J connectivity index is 2.08. The molecule has 1 aromatic rings. The molecule has 1 aromatic carbocycles. The van der Waals surface area contributed by atoms with Gasteiger partial charge >= 0.3 is 0 Å². The van der Waals surface area contributed by atoms with Gasteiger partial charge in [-0.1, -0.05) is 68.7 Å². The van der Waals surface area contributed by atoms with Crippen LogP contribution in [0.1, 0.15) is 50.7 Å². The third-order valence-electron chi connectivity index (χ3n) is 3.34. The Kier molecular flexibility index (Phi) is 4.19. The summed E-state index contributed by atoms with van der Waals surface area (Å²) < 4.78 is 0.